The average Bonchev–Trinajstić information content (AvgIpc) is 2.46. The second-order valence-electron chi connectivity index (χ2n) is 6.36. The van der Waals surface area contributed by atoms with Crippen LogP contribution in [0.25, 0.3) is 0 Å². The van der Waals surface area contributed by atoms with Crippen molar-refractivity contribution < 1.29 is 4.79 Å². The van der Waals surface area contributed by atoms with Crippen LogP contribution in [-0.2, 0) is 0 Å². The zero-order valence-electron chi connectivity index (χ0n) is 12.7. The number of halogens is 1. The predicted molar refractivity (Wildman–Crippen MR) is 96.6 cm³/mol. The average molecular weight is 383 g/mol. The molecule has 1 aliphatic carbocycles. The number of nitrogens with zero attached hydrogens (tertiary/aromatic N) is 1. The summed E-state index contributed by atoms with van der Waals surface area (Å²) in [7, 11) is 0. The number of benzene rings is 1. The number of hydrogen-bond donors (Lipinski definition) is 2. The third-order valence-electron chi connectivity index (χ3n) is 4.90. The van der Waals surface area contributed by atoms with Gasteiger partial charge in [0.1, 0.15) is 0 Å². The van der Waals surface area contributed by atoms with Crippen LogP contribution in [0.4, 0.5) is 0 Å². The second kappa shape index (κ2) is 7.37. The standard InChI is InChI=1S/C17H23BrN2OS/c18-14-7-5-12(6-8-14)17(21)19-11-13-3-1-4-15(22)16(13)20-9-2-10-20/h5-8,13,15-16,22H,1-4,9-11H2,(H,19,21). The summed E-state index contributed by atoms with van der Waals surface area (Å²) in [4.78, 5) is 14.8. The smallest absolute Gasteiger partial charge is 0.251 e. The van der Waals surface area contributed by atoms with E-state index in [9.17, 15) is 4.79 Å². The molecule has 3 atom stereocenters. The van der Waals surface area contributed by atoms with Gasteiger partial charge < -0.3 is 5.32 Å². The van der Waals surface area contributed by atoms with Crippen molar-refractivity contribution in [1.29, 1.82) is 0 Å². The topological polar surface area (TPSA) is 32.3 Å². The van der Waals surface area contributed by atoms with E-state index in [1.165, 1.54) is 38.8 Å². The molecule has 1 amide bonds. The van der Waals surface area contributed by atoms with E-state index in [-0.39, 0.29) is 5.91 Å². The Morgan fingerprint density at radius 3 is 2.59 bits per heavy atom. The minimum atomic E-state index is 0.0242. The lowest BCUT2D eigenvalue weighted by Gasteiger charge is -2.47. The Kier molecular flexibility index (Phi) is 5.47. The van der Waals surface area contributed by atoms with Gasteiger partial charge in [-0.2, -0.15) is 12.6 Å². The molecule has 0 radical (unpaired) electrons. The van der Waals surface area contributed by atoms with Crippen LogP contribution in [0, 0.1) is 5.92 Å². The Hall–Kier alpha value is -0.520. The number of nitrogens with one attached hydrogen (secondary N) is 1. The van der Waals surface area contributed by atoms with Crippen LogP contribution < -0.4 is 5.32 Å². The molecular formula is C17H23BrN2OS. The quantitative estimate of drug-likeness (QED) is 0.782. The number of carbonyl (C=O) groups excluding carboxylic acids is 1. The van der Waals surface area contributed by atoms with Crippen LogP contribution in [0.15, 0.2) is 28.7 Å². The van der Waals surface area contributed by atoms with Crippen molar-refractivity contribution in [1.82, 2.24) is 10.2 Å². The predicted octanol–water partition coefficient (Wildman–Crippen LogP) is 3.35. The molecule has 0 aromatic heterocycles. The first-order valence-corrected chi connectivity index (χ1v) is 9.42. The normalized spacial score (nSPS) is 28.9. The number of carbonyl (C=O) groups is 1. The minimum Gasteiger partial charge on any atom is -0.352 e. The van der Waals surface area contributed by atoms with Gasteiger partial charge in [-0.05, 0) is 62.5 Å². The first kappa shape index (κ1) is 16.3. The Balaban J connectivity index is 1.58. The Labute approximate surface area is 146 Å². The van der Waals surface area contributed by atoms with Gasteiger partial charge in [0.05, 0.1) is 0 Å². The van der Waals surface area contributed by atoms with Crippen molar-refractivity contribution in [3.8, 4) is 0 Å². The Morgan fingerprint density at radius 1 is 1.23 bits per heavy atom. The monoisotopic (exact) mass is 382 g/mol. The highest BCUT2D eigenvalue weighted by Crippen LogP contribution is 2.33. The maximum Gasteiger partial charge on any atom is 0.251 e. The minimum absolute atomic E-state index is 0.0242. The van der Waals surface area contributed by atoms with Gasteiger partial charge in [0.15, 0.2) is 0 Å². The fraction of sp³-hybridized carbons (Fsp3) is 0.588. The molecule has 0 bridgehead atoms. The molecule has 1 aromatic carbocycles. The van der Waals surface area contributed by atoms with Crippen molar-refractivity contribution in [2.45, 2.75) is 37.0 Å². The van der Waals surface area contributed by atoms with E-state index in [4.69, 9.17) is 12.6 Å². The van der Waals surface area contributed by atoms with E-state index in [2.05, 4.69) is 26.1 Å². The summed E-state index contributed by atoms with van der Waals surface area (Å²) in [6, 6.07) is 8.05. The van der Waals surface area contributed by atoms with Crippen LogP contribution in [0.3, 0.4) is 0 Å². The molecule has 22 heavy (non-hydrogen) atoms. The molecule has 1 N–H and O–H groups in total. The van der Waals surface area contributed by atoms with Gasteiger partial charge in [0, 0.05) is 27.9 Å². The van der Waals surface area contributed by atoms with Gasteiger partial charge in [-0.15, -0.1) is 0 Å². The highest BCUT2D eigenvalue weighted by Gasteiger charge is 2.37. The van der Waals surface area contributed by atoms with Crippen LogP contribution in [0.5, 0.6) is 0 Å². The summed E-state index contributed by atoms with van der Waals surface area (Å²) in [5, 5.41) is 3.57. The Morgan fingerprint density at radius 2 is 1.95 bits per heavy atom. The molecule has 2 aliphatic rings. The SMILES string of the molecule is O=C(NCC1CCCC(S)C1N1CCC1)c1ccc(Br)cc1. The number of likely N-dealkylation sites (tertiary alicyclic amines) is 1. The van der Waals surface area contributed by atoms with E-state index in [1.807, 2.05) is 24.3 Å². The largest absolute Gasteiger partial charge is 0.352 e. The second-order valence-corrected chi connectivity index (χ2v) is 7.93. The molecule has 1 aliphatic heterocycles. The van der Waals surface area contributed by atoms with Crippen LogP contribution in [-0.4, -0.2) is 41.7 Å². The fourth-order valence-corrected chi connectivity index (χ4v) is 4.45. The van der Waals surface area contributed by atoms with Gasteiger partial charge in [0.2, 0.25) is 0 Å². The highest BCUT2D eigenvalue weighted by molar-refractivity contribution is 9.10. The summed E-state index contributed by atoms with van der Waals surface area (Å²) < 4.78 is 0.993. The molecule has 3 unspecified atom stereocenters. The number of hydrogen-bond acceptors (Lipinski definition) is 3. The van der Waals surface area contributed by atoms with Gasteiger partial charge in [-0.1, -0.05) is 22.4 Å². The summed E-state index contributed by atoms with van der Waals surface area (Å²) >= 11 is 8.20. The van der Waals surface area contributed by atoms with Crippen molar-refractivity contribution in [2.24, 2.45) is 5.92 Å². The summed E-state index contributed by atoms with van der Waals surface area (Å²) in [5.74, 6) is 0.548. The van der Waals surface area contributed by atoms with E-state index in [0.29, 0.717) is 17.2 Å². The van der Waals surface area contributed by atoms with Crippen molar-refractivity contribution in [3.05, 3.63) is 34.3 Å². The van der Waals surface area contributed by atoms with E-state index in [0.717, 1.165) is 16.6 Å². The van der Waals surface area contributed by atoms with E-state index >= 15 is 0 Å². The molecule has 1 heterocycles. The first-order valence-electron chi connectivity index (χ1n) is 8.11. The summed E-state index contributed by atoms with van der Waals surface area (Å²) in [6.07, 6.45) is 4.91. The summed E-state index contributed by atoms with van der Waals surface area (Å²) in [5.41, 5.74) is 0.724. The molecule has 2 fully saturated rings. The number of thiol groups is 1. The zero-order valence-corrected chi connectivity index (χ0v) is 15.2. The molecule has 120 valence electrons. The molecule has 5 heteroatoms. The molecule has 1 aromatic rings. The van der Waals surface area contributed by atoms with E-state index in [1.54, 1.807) is 0 Å². The molecule has 3 nitrogen and oxygen atoms in total. The molecule has 1 saturated heterocycles. The fourth-order valence-electron chi connectivity index (χ4n) is 3.58. The van der Waals surface area contributed by atoms with Crippen LogP contribution in [0.1, 0.15) is 36.0 Å². The molecule has 1 saturated carbocycles. The summed E-state index contributed by atoms with van der Waals surface area (Å²) in [6.45, 7) is 3.14. The maximum atomic E-state index is 12.3. The van der Waals surface area contributed by atoms with Crippen LogP contribution >= 0.6 is 28.6 Å². The molecular weight excluding hydrogens is 360 g/mol. The van der Waals surface area contributed by atoms with Gasteiger partial charge in [-0.3, -0.25) is 9.69 Å². The van der Waals surface area contributed by atoms with Gasteiger partial charge in [-0.25, -0.2) is 0 Å². The lowest BCUT2D eigenvalue weighted by molar-refractivity contribution is 0.0549. The zero-order chi connectivity index (χ0) is 15.5. The number of rotatable bonds is 4. The van der Waals surface area contributed by atoms with Crippen molar-refractivity contribution in [2.75, 3.05) is 19.6 Å². The third kappa shape index (κ3) is 3.69. The van der Waals surface area contributed by atoms with Gasteiger partial charge >= 0.3 is 0 Å². The lowest BCUT2D eigenvalue weighted by Crippen LogP contribution is -2.56. The van der Waals surface area contributed by atoms with Gasteiger partial charge in [0.25, 0.3) is 5.91 Å². The first-order chi connectivity index (χ1) is 10.6. The Bertz CT molecular complexity index is 516. The van der Waals surface area contributed by atoms with E-state index < -0.39 is 0 Å². The van der Waals surface area contributed by atoms with Crippen LogP contribution in [0.2, 0.25) is 0 Å². The highest BCUT2D eigenvalue weighted by atomic mass is 79.9. The molecule has 0 spiro atoms. The third-order valence-corrected chi connectivity index (χ3v) is 5.99. The number of amides is 1. The van der Waals surface area contributed by atoms with Crippen molar-refractivity contribution in [3.63, 3.8) is 0 Å². The van der Waals surface area contributed by atoms with Crippen molar-refractivity contribution >= 4 is 34.5 Å². The molecule has 3 rings (SSSR count). The maximum absolute atomic E-state index is 12.3. The lowest BCUT2D eigenvalue weighted by atomic mass is 9.81.